The molecule has 0 spiro atoms. The van der Waals surface area contributed by atoms with Gasteiger partial charge in [0, 0.05) is 9.65 Å². The first-order valence-electron chi connectivity index (χ1n) is 5.74. The van der Waals surface area contributed by atoms with Crippen LogP contribution < -0.4 is 0 Å². The highest BCUT2D eigenvalue weighted by molar-refractivity contribution is 9.12. The van der Waals surface area contributed by atoms with Gasteiger partial charge in [-0.05, 0) is 32.1 Å². The maximum Gasteiger partial charge on any atom is 0.410 e. The van der Waals surface area contributed by atoms with Crippen molar-refractivity contribution in [3.8, 4) is 0 Å². The monoisotopic (exact) mass is 351 g/mol. The second-order valence-corrected chi connectivity index (χ2v) is 7.51. The Morgan fingerprint density at radius 2 is 1.75 bits per heavy atom. The molecule has 3 aliphatic rings. The number of hydrogen-bond donors (Lipinski definition) is 0. The predicted molar refractivity (Wildman–Crippen MR) is 68.2 cm³/mol. The van der Waals surface area contributed by atoms with E-state index in [1.54, 1.807) is 0 Å². The number of likely N-dealkylation sites (tertiary alicyclic amines) is 1. The lowest BCUT2D eigenvalue weighted by molar-refractivity contribution is 0.138. The van der Waals surface area contributed by atoms with E-state index in [1.165, 1.54) is 13.5 Å². The van der Waals surface area contributed by atoms with Crippen LogP contribution in [0.15, 0.2) is 0 Å². The zero-order valence-electron chi connectivity index (χ0n) is 9.21. The van der Waals surface area contributed by atoms with Gasteiger partial charge in [0.1, 0.15) is 0 Å². The summed E-state index contributed by atoms with van der Waals surface area (Å²) in [4.78, 5) is 14.8. The number of carbonyl (C=O) groups excluding carboxylic acids is 1. The Kier molecular flexibility index (Phi) is 2.39. The van der Waals surface area contributed by atoms with Crippen LogP contribution >= 0.6 is 31.9 Å². The molecule has 1 heterocycles. The van der Waals surface area contributed by atoms with Crippen LogP contribution in [0, 0.1) is 0 Å². The topological polar surface area (TPSA) is 29.3 Å². The number of ether oxygens (including phenoxy) is 1. The predicted octanol–water partition coefficient (Wildman–Crippen LogP) is 3.05. The maximum atomic E-state index is 11.8. The third kappa shape index (κ3) is 1.12. The van der Waals surface area contributed by atoms with Crippen LogP contribution in [0.5, 0.6) is 0 Å². The molecular formula is C11H15Br2NO2. The molecule has 16 heavy (non-hydrogen) atoms. The van der Waals surface area contributed by atoms with Crippen LogP contribution in [-0.4, -0.2) is 38.8 Å². The molecule has 2 aliphatic carbocycles. The second-order valence-electron chi connectivity index (χ2n) is 5.16. The van der Waals surface area contributed by atoms with Crippen LogP contribution in [0.2, 0.25) is 0 Å². The minimum Gasteiger partial charge on any atom is -0.453 e. The van der Waals surface area contributed by atoms with E-state index in [0.717, 1.165) is 25.7 Å². The number of rotatable bonds is 0. The molecule has 4 atom stereocenters. The van der Waals surface area contributed by atoms with E-state index in [9.17, 15) is 4.79 Å². The van der Waals surface area contributed by atoms with Gasteiger partial charge in [-0.1, -0.05) is 31.9 Å². The van der Waals surface area contributed by atoms with Gasteiger partial charge >= 0.3 is 6.09 Å². The molecular weight excluding hydrogens is 338 g/mol. The van der Waals surface area contributed by atoms with Crippen molar-refractivity contribution in [2.24, 2.45) is 0 Å². The smallest absolute Gasteiger partial charge is 0.410 e. The van der Waals surface area contributed by atoms with E-state index in [-0.39, 0.29) is 17.2 Å². The number of piperidine rings is 1. The summed E-state index contributed by atoms with van der Waals surface area (Å²) in [5.74, 6) is 0. The molecule has 0 unspecified atom stereocenters. The summed E-state index contributed by atoms with van der Waals surface area (Å²) in [5.41, 5.74) is 0.219. The molecule has 1 saturated heterocycles. The normalized spacial score (nSPS) is 49.6. The molecule has 3 nitrogen and oxygen atoms in total. The number of alkyl halides is 2. The lowest BCUT2D eigenvalue weighted by Gasteiger charge is -2.28. The molecule has 0 bridgehead atoms. The molecule has 2 saturated carbocycles. The molecule has 0 N–H and O–H groups in total. The van der Waals surface area contributed by atoms with Gasteiger partial charge in [0.05, 0.1) is 18.2 Å². The lowest BCUT2D eigenvalue weighted by atomic mass is 9.82. The van der Waals surface area contributed by atoms with Crippen LogP contribution in [0.1, 0.15) is 32.1 Å². The highest BCUT2D eigenvalue weighted by atomic mass is 79.9. The standard InChI is InChI=1S/C11H15Br2NO2/c1-16-9(15)14-10-3-2-4-11(10,14)6-8(13)7(12)5-10/h7-8H,2-6H2,1H3/t7-,8+,10-,11-,14?/m1/s1. The van der Waals surface area contributed by atoms with Crippen molar-refractivity contribution < 1.29 is 9.53 Å². The van der Waals surface area contributed by atoms with Crippen LogP contribution in [-0.2, 0) is 4.74 Å². The molecule has 5 heteroatoms. The van der Waals surface area contributed by atoms with Gasteiger partial charge in [0.15, 0.2) is 0 Å². The van der Waals surface area contributed by atoms with Crippen molar-refractivity contribution in [3.63, 3.8) is 0 Å². The second kappa shape index (κ2) is 3.37. The van der Waals surface area contributed by atoms with E-state index in [2.05, 4.69) is 31.9 Å². The van der Waals surface area contributed by atoms with Crippen LogP contribution in [0.4, 0.5) is 4.79 Å². The van der Waals surface area contributed by atoms with Crippen molar-refractivity contribution in [3.05, 3.63) is 0 Å². The fourth-order valence-corrected chi connectivity index (χ4v) is 5.48. The van der Waals surface area contributed by atoms with Gasteiger partial charge < -0.3 is 4.74 Å². The third-order valence-corrected chi connectivity index (χ3v) is 7.30. The van der Waals surface area contributed by atoms with Crippen molar-refractivity contribution in [2.45, 2.75) is 52.8 Å². The molecule has 0 aromatic rings. The number of amides is 1. The SMILES string of the molecule is COC(=O)N1[C@@]23CCC[C@]12C[C@H](Br)[C@H](Br)C3. The Labute approximate surface area is 112 Å². The van der Waals surface area contributed by atoms with Crippen LogP contribution in [0.25, 0.3) is 0 Å². The summed E-state index contributed by atoms with van der Waals surface area (Å²) in [6, 6.07) is 0. The largest absolute Gasteiger partial charge is 0.453 e. The van der Waals surface area contributed by atoms with E-state index in [1.807, 2.05) is 4.90 Å². The Bertz CT molecular complexity index is 327. The Balaban J connectivity index is 1.93. The van der Waals surface area contributed by atoms with Crippen molar-refractivity contribution >= 4 is 38.0 Å². The highest BCUT2D eigenvalue weighted by Gasteiger charge is 2.81. The zero-order chi connectivity index (χ0) is 11.6. The summed E-state index contributed by atoms with van der Waals surface area (Å²) >= 11 is 7.44. The first-order chi connectivity index (χ1) is 7.57. The van der Waals surface area contributed by atoms with Crippen molar-refractivity contribution in [1.29, 1.82) is 0 Å². The quantitative estimate of drug-likeness (QED) is 0.495. The molecule has 0 radical (unpaired) electrons. The van der Waals surface area contributed by atoms with Crippen LogP contribution in [0.3, 0.4) is 0 Å². The van der Waals surface area contributed by atoms with Crippen molar-refractivity contribution in [2.75, 3.05) is 7.11 Å². The fraction of sp³-hybridized carbons (Fsp3) is 0.909. The molecule has 1 aliphatic heterocycles. The molecule has 0 aromatic heterocycles. The maximum absolute atomic E-state index is 11.8. The zero-order valence-corrected chi connectivity index (χ0v) is 12.4. The Hall–Kier alpha value is 0.230. The Morgan fingerprint density at radius 1 is 1.25 bits per heavy atom. The van der Waals surface area contributed by atoms with E-state index >= 15 is 0 Å². The highest BCUT2D eigenvalue weighted by Crippen LogP contribution is 2.70. The van der Waals surface area contributed by atoms with Gasteiger partial charge in [0.2, 0.25) is 0 Å². The number of carbonyl (C=O) groups is 1. The van der Waals surface area contributed by atoms with E-state index < -0.39 is 0 Å². The van der Waals surface area contributed by atoms with Gasteiger partial charge in [-0.15, -0.1) is 0 Å². The number of nitrogens with zero attached hydrogens (tertiary/aromatic N) is 1. The molecule has 3 rings (SSSR count). The van der Waals surface area contributed by atoms with Crippen molar-refractivity contribution in [1.82, 2.24) is 4.90 Å². The number of methoxy groups -OCH3 is 1. The first-order valence-corrected chi connectivity index (χ1v) is 7.57. The summed E-state index contributed by atoms with van der Waals surface area (Å²) < 4.78 is 4.92. The molecule has 0 aromatic carbocycles. The minimum absolute atomic E-state index is 0.110. The summed E-state index contributed by atoms with van der Waals surface area (Å²) in [5, 5.41) is 0. The average molecular weight is 353 g/mol. The lowest BCUT2D eigenvalue weighted by Crippen LogP contribution is -2.36. The summed E-state index contributed by atoms with van der Waals surface area (Å²) in [6.07, 6.45) is 5.50. The van der Waals surface area contributed by atoms with Gasteiger partial charge in [0.25, 0.3) is 0 Å². The Morgan fingerprint density at radius 3 is 2.19 bits per heavy atom. The fourth-order valence-electron chi connectivity index (χ4n) is 4.04. The molecule has 1 amide bonds. The average Bonchev–Trinajstić information content (AvgIpc) is 2.60. The third-order valence-electron chi connectivity index (χ3n) is 4.67. The van der Waals surface area contributed by atoms with E-state index in [0.29, 0.717) is 9.65 Å². The van der Waals surface area contributed by atoms with Gasteiger partial charge in [-0.25, -0.2) is 4.79 Å². The van der Waals surface area contributed by atoms with Gasteiger partial charge in [-0.2, -0.15) is 0 Å². The van der Waals surface area contributed by atoms with Gasteiger partial charge in [-0.3, -0.25) is 4.90 Å². The number of halogens is 2. The summed E-state index contributed by atoms with van der Waals surface area (Å²) in [7, 11) is 1.48. The summed E-state index contributed by atoms with van der Waals surface area (Å²) in [6.45, 7) is 0. The number of hydrogen-bond acceptors (Lipinski definition) is 2. The first kappa shape index (κ1) is 11.3. The molecule has 90 valence electrons. The van der Waals surface area contributed by atoms with E-state index in [4.69, 9.17) is 4.74 Å². The minimum atomic E-state index is -0.138. The molecule has 3 fully saturated rings.